The maximum absolute atomic E-state index is 11.9. The van der Waals surface area contributed by atoms with Gasteiger partial charge < -0.3 is 10.2 Å². The number of aliphatic hydroxyl groups is 2. The predicted octanol–water partition coefficient (Wildman–Crippen LogP) is 3.97. The zero-order valence-corrected chi connectivity index (χ0v) is 18.0. The summed E-state index contributed by atoms with van der Waals surface area (Å²) in [5.74, 6) is -1.79. The molecule has 0 rings (SSSR count). The first-order chi connectivity index (χ1) is 13.4. The van der Waals surface area contributed by atoms with Crippen molar-refractivity contribution in [3.8, 4) is 0 Å². The second kappa shape index (κ2) is 17.8. The van der Waals surface area contributed by atoms with Gasteiger partial charge in [-0.3, -0.25) is 14.4 Å². The first-order valence-corrected chi connectivity index (χ1v) is 11.0. The molecule has 0 saturated heterocycles. The molecule has 0 aromatic carbocycles. The van der Waals surface area contributed by atoms with Crippen molar-refractivity contribution in [1.29, 1.82) is 0 Å². The number of aliphatic hydroxyl groups excluding tert-OH is 2. The van der Waals surface area contributed by atoms with Crippen LogP contribution in [0.15, 0.2) is 0 Å². The van der Waals surface area contributed by atoms with Crippen molar-refractivity contribution < 1.29 is 24.6 Å². The summed E-state index contributed by atoms with van der Waals surface area (Å²) in [4.78, 5) is 35.2. The average molecular weight is 400 g/mol. The van der Waals surface area contributed by atoms with Crippen LogP contribution < -0.4 is 0 Å². The van der Waals surface area contributed by atoms with Gasteiger partial charge in [0.25, 0.3) is 11.8 Å². The van der Waals surface area contributed by atoms with E-state index < -0.39 is 30.9 Å². The lowest BCUT2D eigenvalue weighted by molar-refractivity contribution is -0.156. The molecule has 0 aromatic heterocycles. The van der Waals surface area contributed by atoms with Gasteiger partial charge in [0.05, 0.1) is 0 Å². The van der Waals surface area contributed by atoms with E-state index in [0.717, 1.165) is 25.2 Å². The summed E-state index contributed by atoms with van der Waals surface area (Å²) in [6.07, 6.45) is 15.6. The predicted molar refractivity (Wildman–Crippen MR) is 111 cm³/mol. The molecule has 0 unspecified atom stereocenters. The van der Waals surface area contributed by atoms with Crippen LogP contribution in [-0.2, 0) is 14.4 Å². The van der Waals surface area contributed by atoms with Gasteiger partial charge in [-0.15, -0.1) is 0 Å². The number of nitrogens with zero attached hydrogens (tertiary/aromatic N) is 1. The van der Waals surface area contributed by atoms with E-state index in [-0.39, 0.29) is 6.42 Å². The molecule has 0 spiro atoms. The Morgan fingerprint density at radius 3 is 1.32 bits per heavy atom. The van der Waals surface area contributed by atoms with Crippen molar-refractivity contribution in [3.63, 3.8) is 0 Å². The maximum atomic E-state index is 11.9. The van der Waals surface area contributed by atoms with Gasteiger partial charge in [0.2, 0.25) is 5.91 Å². The van der Waals surface area contributed by atoms with Gasteiger partial charge in [-0.25, -0.2) is 4.90 Å². The quantitative estimate of drug-likeness (QED) is 0.361. The number of carbonyl (C=O) groups excluding carboxylic acids is 3. The summed E-state index contributed by atoms with van der Waals surface area (Å²) < 4.78 is 0. The highest BCUT2D eigenvalue weighted by molar-refractivity contribution is 6.11. The van der Waals surface area contributed by atoms with Crippen molar-refractivity contribution in [2.45, 2.75) is 104 Å². The molecule has 0 atom stereocenters. The SMILES string of the molecule is CC(C)CCCCCCCCCCCCCCC(=O)N(C(=O)CO)C(=O)CO. The lowest BCUT2D eigenvalue weighted by Gasteiger charge is -2.16. The normalized spacial score (nSPS) is 11.0. The van der Waals surface area contributed by atoms with Crippen LogP contribution in [0.2, 0.25) is 0 Å². The van der Waals surface area contributed by atoms with Gasteiger partial charge in [-0.1, -0.05) is 90.9 Å². The summed E-state index contributed by atoms with van der Waals surface area (Å²) in [6.45, 7) is 2.72. The topological polar surface area (TPSA) is 94.9 Å². The fourth-order valence-corrected chi connectivity index (χ4v) is 3.27. The number of rotatable bonds is 17. The van der Waals surface area contributed by atoms with Crippen LogP contribution in [0.1, 0.15) is 104 Å². The molecule has 6 nitrogen and oxygen atoms in total. The molecule has 0 bridgehead atoms. The van der Waals surface area contributed by atoms with Crippen molar-refractivity contribution in [2.75, 3.05) is 13.2 Å². The van der Waals surface area contributed by atoms with Crippen LogP contribution in [0, 0.1) is 5.92 Å². The number of carbonyl (C=O) groups is 3. The van der Waals surface area contributed by atoms with Gasteiger partial charge in [0.15, 0.2) is 0 Å². The lowest BCUT2D eigenvalue weighted by atomic mass is 10.0. The lowest BCUT2D eigenvalue weighted by Crippen LogP contribution is -2.44. The standard InChI is InChI=1S/C22H41NO5/c1-19(2)15-13-11-9-7-5-3-4-6-8-10-12-14-16-20(26)23(21(27)17-24)22(28)18-25/h19,24-25H,3-18H2,1-2H3. The third kappa shape index (κ3) is 13.8. The molecule has 3 amide bonds. The van der Waals surface area contributed by atoms with Gasteiger partial charge in [-0.2, -0.15) is 0 Å². The van der Waals surface area contributed by atoms with Crippen molar-refractivity contribution >= 4 is 17.7 Å². The zero-order valence-electron chi connectivity index (χ0n) is 18.0. The molecule has 0 saturated carbocycles. The Morgan fingerprint density at radius 2 is 0.964 bits per heavy atom. The summed E-state index contributed by atoms with van der Waals surface area (Å²) in [7, 11) is 0. The van der Waals surface area contributed by atoms with Gasteiger partial charge >= 0.3 is 0 Å². The molecular weight excluding hydrogens is 358 g/mol. The Bertz CT molecular complexity index is 421. The monoisotopic (exact) mass is 399 g/mol. The second-order valence-corrected chi connectivity index (χ2v) is 8.01. The minimum Gasteiger partial charge on any atom is -0.387 e. The molecule has 164 valence electrons. The van der Waals surface area contributed by atoms with E-state index in [0.29, 0.717) is 11.3 Å². The highest BCUT2D eigenvalue weighted by Gasteiger charge is 2.26. The van der Waals surface area contributed by atoms with Crippen LogP contribution in [-0.4, -0.2) is 46.0 Å². The molecule has 0 aliphatic rings. The molecule has 0 aliphatic carbocycles. The van der Waals surface area contributed by atoms with E-state index in [1.54, 1.807) is 0 Å². The van der Waals surface area contributed by atoms with Crippen LogP contribution in [0.25, 0.3) is 0 Å². The molecule has 2 N–H and O–H groups in total. The molecule has 0 fully saturated rings. The van der Waals surface area contributed by atoms with Crippen LogP contribution in [0.3, 0.4) is 0 Å². The maximum Gasteiger partial charge on any atom is 0.261 e. The second-order valence-electron chi connectivity index (χ2n) is 8.01. The highest BCUT2D eigenvalue weighted by atomic mass is 16.3. The van der Waals surface area contributed by atoms with Gasteiger partial charge in [-0.05, 0) is 12.3 Å². The van der Waals surface area contributed by atoms with E-state index in [4.69, 9.17) is 10.2 Å². The summed E-state index contributed by atoms with van der Waals surface area (Å²) in [5, 5.41) is 17.7. The van der Waals surface area contributed by atoms with Crippen LogP contribution in [0.4, 0.5) is 0 Å². The number of imide groups is 3. The molecular formula is C22H41NO5. The Kier molecular flexibility index (Phi) is 17.0. The summed E-state index contributed by atoms with van der Waals surface area (Å²) in [6, 6.07) is 0. The number of unbranched alkanes of at least 4 members (excludes halogenated alkanes) is 11. The van der Waals surface area contributed by atoms with Crippen LogP contribution in [0.5, 0.6) is 0 Å². The number of hydrogen-bond donors (Lipinski definition) is 2. The van der Waals surface area contributed by atoms with E-state index in [1.807, 2.05) is 0 Å². The fraction of sp³-hybridized carbons (Fsp3) is 0.864. The number of amides is 3. The summed E-state index contributed by atoms with van der Waals surface area (Å²) in [5.41, 5.74) is 0. The smallest absolute Gasteiger partial charge is 0.261 e. The van der Waals surface area contributed by atoms with Crippen molar-refractivity contribution in [1.82, 2.24) is 4.90 Å². The molecule has 0 radical (unpaired) electrons. The van der Waals surface area contributed by atoms with Gasteiger partial charge in [0.1, 0.15) is 13.2 Å². The number of hydrogen-bond acceptors (Lipinski definition) is 5. The Hall–Kier alpha value is -1.27. The van der Waals surface area contributed by atoms with Gasteiger partial charge in [0, 0.05) is 6.42 Å². The van der Waals surface area contributed by atoms with Crippen LogP contribution >= 0.6 is 0 Å². The third-order valence-corrected chi connectivity index (χ3v) is 4.94. The largest absolute Gasteiger partial charge is 0.387 e. The zero-order chi connectivity index (χ0) is 21.2. The molecule has 0 heterocycles. The van der Waals surface area contributed by atoms with E-state index in [2.05, 4.69) is 13.8 Å². The molecule has 0 aliphatic heterocycles. The first-order valence-electron chi connectivity index (χ1n) is 11.0. The highest BCUT2D eigenvalue weighted by Crippen LogP contribution is 2.14. The summed E-state index contributed by atoms with van der Waals surface area (Å²) >= 11 is 0. The van der Waals surface area contributed by atoms with Crippen molar-refractivity contribution in [2.24, 2.45) is 5.92 Å². The van der Waals surface area contributed by atoms with Crippen molar-refractivity contribution in [3.05, 3.63) is 0 Å². The Labute approximate surface area is 170 Å². The Balaban J connectivity index is 3.57. The molecule has 0 aromatic rings. The average Bonchev–Trinajstić information content (AvgIpc) is 2.67. The molecule has 6 heteroatoms. The minimum absolute atomic E-state index is 0.0777. The minimum atomic E-state index is -0.982. The fourth-order valence-electron chi connectivity index (χ4n) is 3.27. The Morgan fingerprint density at radius 1 is 0.607 bits per heavy atom. The first kappa shape index (κ1) is 26.7. The van der Waals surface area contributed by atoms with E-state index in [1.165, 1.54) is 57.8 Å². The molecule has 28 heavy (non-hydrogen) atoms. The van der Waals surface area contributed by atoms with E-state index >= 15 is 0 Å². The third-order valence-electron chi connectivity index (χ3n) is 4.94. The van der Waals surface area contributed by atoms with E-state index in [9.17, 15) is 14.4 Å².